The number of aryl methyl sites for hydroxylation is 1. The van der Waals surface area contributed by atoms with E-state index in [-0.39, 0.29) is 6.47 Å². The number of carbonyl (C=O) groups is 1. The fraction of sp³-hybridized carbons (Fsp3) is 0.429. The molecule has 0 aliphatic carbocycles. The predicted molar refractivity (Wildman–Crippen MR) is 145 cm³/mol. The lowest BCUT2D eigenvalue weighted by Gasteiger charge is -2.32. The molecule has 1 aliphatic rings. The Morgan fingerprint density at radius 1 is 1.11 bits per heavy atom. The molecule has 36 heavy (non-hydrogen) atoms. The first kappa shape index (κ1) is 27.1. The SMILES string of the molecule is CCNc1ccc(-c2c(C#N)c3ccc(OCCCN4CCN(C)CC4)cc3n2CC)cc1.O=CO. The summed E-state index contributed by atoms with van der Waals surface area (Å²) in [4.78, 5) is 13.3. The second-order valence-corrected chi connectivity index (χ2v) is 8.82. The van der Waals surface area contributed by atoms with E-state index in [1.165, 1.54) is 0 Å². The first-order chi connectivity index (χ1) is 17.6. The van der Waals surface area contributed by atoms with Crippen molar-refractivity contribution in [1.29, 1.82) is 5.26 Å². The van der Waals surface area contributed by atoms with Gasteiger partial charge >= 0.3 is 0 Å². The molecule has 0 unspecified atom stereocenters. The molecular formula is C28H37N5O3. The summed E-state index contributed by atoms with van der Waals surface area (Å²) in [6, 6.07) is 16.9. The van der Waals surface area contributed by atoms with Gasteiger partial charge in [0, 0.05) is 63.0 Å². The smallest absolute Gasteiger partial charge is 0.290 e. The van der Waals surface area contributed by atoms with Crippen LogP contribution in [0.4, 0.5) is 5.69 Å². The monoisotopic (exact) mass is 491 g/mol. The number of nitrogens with one attached hydrogen (secondary N) is 1. The Balaban J connectivity index is 0.00000115. The average Bonchev–Trinajstić information content (AvgIpc) is 3.21. The van der Waals surface area contributed by atoms with Crippen molar-refractivity contribution in [2.45, 2.75) is 26.8 Å². The summed E-state index contributed by atoms with van der Waals surface area (Å²) in [6.07, 6.45) is 1.02. The summed E-state index contributed by atoms with van der Waals surface area (Å²) < 4.78 is 8.34. The first-order valence-corrected chi connectivity index (χ1v) is 12.6. The molecule has 1 aromatic heterocycles. The van der Waals surface area contributed by atoms with E-state index in [0.29, 0.717) is 6.61 Å². The van der Waals surface area contributed by atoms with Crippen LogP contribution < -0.4 is 10.1 Å². The number of aromatic nitrogens is 1. The van der Waals surface area contributed by atoms with Crippen molar-refractivity contribution in [2.75, 3.05) is 58.2 Å². The van der Waals surface area contributed by atoms with Gasteiger partial charge in [-0.2, -0.15) is 5.26 Å². The highest BCUT2D eigenvalue weighted by Crippen LogP contribution is 2.35. The van der Waals surface area contributed by atoms with Gasteiger partial charge in [-0.15, -0.1) is 0 Å². The molecule has 1 saturated heterocycles. The second-order valence-electron chi connectivity index (χ2n) is 8.82. The average molecular weight is 492 g/mol. The van der Waals surface area contributed by atoms with Crippen LogP contribution in [-0.2, 0) is 11.3 Å². The molecule has 0 saturated carbocycles. The standard InChI is InChI=1S/C27H35N5O.CH2O2/c1-4-29-22-9-7-21(8-10-22)27-25(20-28)24-12-11-23(19-26(24)32(27)5-2)33-18-6-13-31-16-14-30(3)15-17-31;2-1-3/h7-12,19,29H,4-6,13-18H2,1-3H3;1H,(H,2,3). The van der Waals surface area contributed by atoms with Crippen LogP contribution in [0.15, 0.2) is 42.5 Å². The molecule has 0 spiro atoms. The number of carboxylic acid groups (broad SMARTS) is 1. The van der Waals surface area contributed by atoms with E-state index in [2.05, 4.69) is 77.0 Å². The molecule has 1 aliphatic heterocycles. The number of rotatable bonds is 9. The molecule has 3 aromatic rings. The number of benzene rings is 2. The predicted octanol–water partition coefficient (Wildman–Crippen LogP) is 4.35. The van der Waals surface area contributed by atoms with Gasteiger partial charge in [-0.1, -0.05) is 12.1 Å². The number of anilines is 1. The highest BCUT2D eigenvalue weighted by molar-refractivity contribution is 5.95. The van der Waals surface area contributed by atoms with Crippen molar-refractivity contribution in [3.8, 4) is 23.1 Å². The lowest BCUT2D eigenvalue weighted by molar-refractivity contribution is -0.122. The third-order valence-corrected chi connectivity index (χ3v) is 6.49. The molecule has 0 amide bonds. The molecular weight excluding hydrogens is 454 g/mol. The molecule has 0 radical (unpaired) electrons. The first-order valence-electron chi connectivity index (χ1n) is 12.6. The fourth-order valence-corrected chi connectivity index (χ4v) is 4.66. The molecule has 192 valence electrons. The van der Waals surface area contributed by atoms with Crippen LogP contribution >= 0.6 is 0 Å². The third kappa shape index (κ3) is 6.56. The number of hydrogen-bond donors (Lipinski definition) is 2. The summed E-state index contributed by atoms with van der Waals surface area (Å²) in [5, 5.41) is 21.2. The zero-order chi connectivity index (χ0) is 25.9. The molecule has 1 fully saturated rings. The maximum Gasteiger partial charge on any atom is 0.290 e. The van der Waals surface area contributed by atoms with Crippen molar-refractivity contribution >= 4 is 23.1 Å². The van der Waals surface area contributed by atoms with Crippen LogP contribution in [0.5, 0.6) is 5.75 Å². The Morgan fingerprint density at radius 3 is 2.42 bits per heavy atom. The number of nitriles is 1. The molecule has 8 heteroatoms. The van der Waals surface area contributed by atoms with Gasteiger partial charge < -0.3 is 29.5 Å². The summed E-state index contributed by atoms with van der Waals surface area (Å²) >= 11 is 0. The summed E-state index contributed by atoms with van der Waals surface area (Å²) in [6.45, 7) is 12.0. The number of nitrogens with zero attached hydrogens (tertiary/aromatic N) is 4. The molecule has 2 aromatic carbocycles. The Bertz CT molecular complexity index is 1160. The number of likely N-dealkylation sites (N-methyl/N-ethyl adjacent to an activating group) is 1. The van der Waals surface area contributed by atoms with Gasteiger partial charge in [-0.3, -0.25) is 4.79 Å². The van der Waals surface area contributed by atoms with E-state index in [1.807, 2.05) is 12.1 Å². The summed E-state index contributed by atoms with van der Waals surface area (Å²) in [7, 11) is 2.19. The zero-order valence-electron chi connectivity index (χ0n) is 21.5. The van der Waals surface area contributed by atoms with Gasteiger partial charge in [0.2, 0.25) is 0 Å². The Hall–Kier alpha value is -3.54. The molecule has 8 nitrogen and oxygen atoms in total. The van der Waals surface area contributed by atoms with Gasteiger partial charge in [0.15, 0.2) is 0 Å². The lowest BCUT2D eigenvalue weighted by Crippen LogP contribution is -2.44. The Morgan fingerprint density at radius 2 is 1.81 bits per heavy atom. The van der Waals surface area contributed by atoms with Gasteiger partial charge in [0.1, 0.15) is 11.8 Å². The van der Waals surface area contributed by atoms with Crippen LogP contribution in [-0.4, -0.2) is 78.9 Å². The molecule has 2 N–H and O–H groups in total. The number of ether oxygens (including phenoxy) is 1. The van der Waals surface area contributed by atoms with Crippen molar-refractivity contribution in [3.05, 3.63) is 48.0 Å². The summed E-state index contributed by atoms with van der Waals surface area (Å²) in [5.41, 5.74) is 4.90. The minimum absolute atomic E-state index is 0.250. The fourth-order valence-electron chi connectivity index (χ4n) is 4.66. The number of hydrogen-bond acceptors (Lipinski definition) is 6. The molecule has 2 heterocycles. The van der Waals surface area contributed by atoms with Crippen molar-refractivity contribution < 1.29 is 14.6 Å². The van der Waals surface area contributed by atoms with Gasteiger partial charge in [-0.05, 0) is 57.1 Å². The van der Waals surface area contributed by atoms with Gasteiger partial charge in [0.25, 0.3) is 6.47 Å². The van der Waals surface area contributed by atoms with E-state index < -0.39 is 0 Å². The van der Waals surface area contributed by atoms with Crippen molar-refractivity contribution in [2.24, 2.45) is 0 Å². The van der Waals surface area contributed by atoms with E-state index in [0.717, 1.165) is 91.4 Å². The topological polar surface area (TPSA) is 93.8 Å². The van der Waals surface area contributed by atoms with Crippen LogP contribution in [0.1, 0.15) is 25.8 Å². The van der Waals surface area contributed by atoms with Gasteiger partial charge in [-0.25, -0.2) is 0 Å². The highest BCUT2D eigenvalue weighted by Gasteiger charge is 2.19. The summed E-state index contributed by atoms with van der Waals surface area (Å²) in [5.74, 6) is 0.867. The van der Waals surface area contributed by atoms with E-state index >= 15 is 0 Å². The van der Waals surface area contributed by atoms with Crippen LogP contribution in [0.3, 0.4) is 0 Å². The highest BCUT2D eigenvalue weighted by atomic mass is 16.5. The quantitative estimate of drug-likeness (QED) is 0.339. The molecule has 0 bridgehead atoms. The third-order valence-electron chi connectivity index (χ3n) is 6.49. The van der Waals surface area contributed by atoms with Crippen molar-refractivity contribution in [3.63, 3.8) is 0 Å². The Kier molecular flexibility index (Phi) is 10.2. The maximum absolute atomic E-state index is 9.99. The molecule has 4 rings (SSSR count). The lowest BCUT2D eigenvalue weighted by atomic mass is 10.1. The number of fused-ring (bicyclic) bond motifs is 1. The van der Waals surface area contributed by atoms with E-state index in [4.69, 9.17) is 14.6 Å². The van der Waals surface area contributed by atoms with E-state index in [9.17, 15) is 5.26 Å². The minimum atomic E-state index is -0.250. The maximum atomic E-state index is 9.99. The van der Waals surface area contributed by atoms with Crippen molar-refractivity contribution in [1.82, 2.24) is 14.4 Å². The molecule has 0 atom stereocenters. The second kappa shape index (κ2) is 13.5. The normalized spacial score (nSPS) is 14.1. The Labute approximate surface area is 213 Å². The number of piperazine rings is 1. The largest absolute Gasteiger partial charge is 0.493 e. The zero-order valence-corrected chi connectivity index (χ0v) is 21.5. The minimum Gasteiger partial charge on any atom is -0.493 e. The van der Waals surface area contributed by atoms with Crippen LogP contribution in [0, 0.1) is 11.3 Å². The van der Waals surface area contributed by atoms with E-state index in [1.54, 1.807) is 0 Å². The van der Waals surface area contributed by atoms with Crippen LogP contribution in [0.2, 0.25) is 0 Å². The van der Waals surface area contributed by atoms with Gasteiger partial charge in [0.05, 0.1) is 23.4 Å². The van der Waals surface area contributed by atoms with Crippen LogP contribution in [0.25, 0.3) is 22.2 Å².